The summed E-state index contributed by atoms with van der Waals surface area (Å²) in [7, 11) is 2.01. The lowest BCUT2D eigenvalue weighted by molar-refractivity contribution is 0.304. The van der Waals surface area contributed by atoms with E-state index >= 15 is 0 Å². The molecule has 0 aliphatic carbocycles. The summed E-state index contributed by atoms with van der Waals surface area (Å²) in [6.45, 7) is 2.51. The van der Waals surface area contributed by atoms with E-state index in [1.165, 1.54) is 0 Å². The molecule has 0 saturated carbocycles. The van der Waals surface area contributed by atoms with Crippen molar-refractivity contribution < 1.29 is 0 Å². The molecular formula is C27H26N6O. The number of hydrogen-bond acceptors (Lipinski definition) is 4. The van der Waals surface area contributed by atoms with Gasteiger partial charge in [0.1, 0.15) is 5.82 Å². The Morgan fingerprint density at radius 1 is 0.912 bits per heavy atom. The molecule has 1 aliphatic heterocycles. The third kappa shape index (κ3) is 3.54. The van der Waals surface area contributed by atoms with Crippen molar-refractivity contribution in [2.45, 2.75) is 19.0 Å². The molecule has 0 unspecified atom stereocenters. The van der Waals surface area contributed by atoms with Crippen LogP contribution in [0.25, 0.3) is 28.0 Å². The number of likely N-dealkylation sites (tertiary alicyclic amines) is 1. The standard InChI is InChI=1S/C27H26N6O/c1-30-17-15-28-25(30)19-31-16-13-23(18-31)33-26-24(8-5-14-29-26)32(27(33)34)22-11-9-21(10-12-22)20-6-3-2-4-7-20/h2-12,14-15,17,23H,13,16,18-19H2,1H3/t23-/m1/s1. The summed E-state index contributed by atoms with van der Waals surface area (Å²) >= 11 is 0. The quantitative estimate of drug-likeness (QED) is 0.406. The van der Waals surface area contributed by atoms with Crippen molar-refractivity contribution in [2.24, 2.45) is 7.05 Å². The van der Waals surface area contributed by atoms with Gasteiger partial charge in [-0.2, -0.15) is 0 Å². The van der Waals surface area contributed by atoms with E-state index in [-0.39, 0.29) is 11.7 Å². The maximum absolute atomic E-state index is 13.8. The molecule has 3 aromatic heterocycles. The van der Waals surface area contributed by atoms with E-state index in [1.54, 1.807) is 10.8 Å². The molecule has 1 fully saturated rings. The highest BCUT2D eigenvalue weighted by Crippen LogP contribution is 2.27. The maximum Gasteiger partial charge on any atom is 0.335 e. The molecule has 5 aromatic rings. The van der Waals surface area contributed by atoms with E-state index in [0.29, 0.717) is 0 Å². The molecule has 170 valence electrons. The molecule has 1 saturated heterocycles. The van der Waals surface area contributed by atoms with Crippen LogP contribution in [0.5, 0.6) is 0 Å². The Balaban J connectivity index is 1.35. The molecule has 0 bridgehead atoms. The fourth-order valence-electron chi connectivity index (χ4n) is 4.98. The van der Waals surface area contributed by atoms with E-state index in [4.69, 9.17) is 0 Å². The van der Waals surface area contributed by atoms with E-state index in [1.807, 2.05) is 71.0 Å². The lowest BCUT2D eigenvalue weighted by atomic mass is 10.1. The molecule has 0 radical (unpaired) electrons. The Morgan fingerprint density at radius 3 is 2.47 bits per heavy atom. The highest BCUT2D eigenvalue weighted by molar-refractivity contribution is 5.75. The average molecular weight is 451 g/mol. The smallest absolute Gasteiger partial charge is 0.335 e. The number of aromatic nitrogens is 5. The Bertz CT molecular complexity index is 1500. The van der Waals surface area contributed by atoms with Crippen molar-refractivity contribution in [3.63, 3.8) is 0 Å². The summed E-state index contributed by atoms with van der Waals surface area (Å²) in [5, 5.41) is 0. The van der Waals surface area contributed by atoms with E-state index < -0.39 is 0 Å². The first-order valence-electron chi connectivity index (χ1n) is 11.6. The molecular weight excluding hydrogens is 424 g/mol. The van der Waals surface area contributed by atoms with Gasteiger partial charge < -0.3 is 4.57 Å². The molecule has 0 amide bonds. The zero-order valence-corrected chi connectivity index (χ0v) is 19.1. The van der Waals surface area contributed by atoms with Gasteiger partial charge in [0.25, 0.3) is 0 Å². The fourth-order valence-corrected chi connectivity index (χ4v) is 4.98. The largest absolute Gasteiger partial charge is 0.337 e. The minimum Gasteiger partial charge on any atom is -0.337 e. The Morgan fingerprint density at radius 2 is 1.71 bits per heavy atom. The van der Waals surface area contributed by atoms with Gasteiger partial charge in [-0.25, -0.2) is 14.8 Å². The van der Waals surface area contributed by atoms with Crippen molar-refractivity contribution >= 4 is 11.2 Å². The first kappa shape index (κ1) is 20.6. The van der Waals surface area contributed by atoms with E-state index in [9.17, 15) is 4.79 Å². The predicted molar refractivity (Wildman–Crippen MR) is 133 cm³/mol. The molecule has 0 N–H and O–H groups in total. The number of hydrogen-bond donors (Lipinski definition) is 0. The number of pyridine rings is 1. The van der Waals surface area contributed by atoms with Crippen LogP contribution in [0.4, 0.5) is 0 Å². The highest BCUT2D eigenvalue weighted by atomic mass is 16.2. The zero-order valence-electron chi connectivity index (χ0n) is 19.1. The van der Waals surface area contributed by atoms with Crippen LogP contribution >= 0.6 is 0 Å². The molecule has 0 spiro atoms. The van der Waals surface area contributed by atoms with Crippen LogP contribution in [0.2, 0.25) is 0 Å². The minimum absolute atomic E-state index is 0.0370. The summed E-state index contributed by atoms with van der Waals surface area (Å²) < 4.78 is 5.73. The fraction of sp³-hybridized carbons (Fsp3) is 0.222. The number of nitrogens with zero attached hydrogens (tertiary/aromatic N) is 6. The average Bonchev–Trinajstić information content (AvgIpc) is 3.57. The Labute approximate surface area is 197 Å². The molecule has 7 nitrogen and oxygen atoms in total. The third-order valence-electron chi connectivity index (χ3n) is 6.76. The third-order valence-corrected chi connectivity index (χ3v) is 6.76. The number of imidazole rings is 2. The minimum atomic E-state index is -0.0370. The van der Waals surface area contributed by atoms with Crippen molar-refractivity contribution in [1.29, 1.82) is 0 Å². The summed E-state index contributed by atoms with van der Waals surface area (Å²) in [5.74, 6) is 1.03. The number of benzene rings is 2. The van der Waals surface area contributed by atoms with Crippen LogP contribution in [0, 0.1) is 0 Å². The van der Waals surface area contributed by atoms with Crippen LogP contribution < -0.4 is 5.69 Å². The monoisotopic (exact) mass is 450 g/mol. The molecule has 7 heteroatoms. The van der Waals surface area contributed by atoms with Crippen molar-refractivity contribution in [3.8, 4) is 16.8 Å². The van der Waals surface area contributed by atoms with Crippen molar-refractivity contribution in [3.05, 3.63) is 102 Å². The normalized spacial score (nSPS) is 16.4. The first-order chi connectivity index (χ1) is 16.7. The van der Waals surface area contributed by atoms with Gasteiger partial charge in [0.05, 0.1) is 23.8 Å². The van der Waals surface area contributed by atoms with Gasteiger partial charge in [0, 0.05) is 38.7 Å². The molecule has 1 atom stereocenters. The summed E-state index contributed by atoms with van der Waals surface area (Å²) in [4.78, 5) is 25.2. The SMILES string of the molecule is Cn1ccnc1CN1CC[C@@H](n2c(=O)n(-c3ccc(-c4ccccc4)cc3)c3cccnc32)C1. The lowest BCUT2D eigenvalue weighted by Crippen LogP contribution is -2.29. The Kier molecular flexibility index (Phi) is 5.11. The van der Waals surface area contributed by atoms with Gasteiger partial charge in [-0.15, -0.1) is 0 Å². The van der Waals surface area contributed by atoms with Crippen LogP contribution in [-0.4, -0.2) is 41.7 Å². The molecule has 1 aliphatic rings. The molecule has 34 heavy (non-hydrogen) atoms. The second kappa shape index (κ2) is 8.43. The summed E-state index contributed by atoms with van der Waals surface area (Å²) in [6.07, 6.45) is 6.47. The molecule has 4 heterocycles. The van der Waals surface area contributed by atoms with Gasteiger partial charge in [-0.05, 0) is 41.8 Å². The zero-order chi connectivity index (χ0) is 23.1. The van der Waals surface area contributed by atoms with Gasteiger partial charge in [0.15, 0.2) is 5.65 Å². The molecule has 6 rings (SSSR count). The topological polar surface area (TPSA) is 60.9 Å². The van der Waals surface area contributed by atoms with Gasteiger partial charge in [0.2, 0.25) is 0 Å². The van der Waals surface area contributed by atoms with Gasteiger partial charge >= 0.3 is 5.69 Å². The summed E-state index contributed by atoms with van der Waals surface area (Å²) in [5.41, 5.74) is 4.67. The van der Waals surface area contributed by atoms with Crippen molar-refractivity contribution in [2.75, 3.05) is 13.1 Å². The number of fused-ring (bicyclic) bond motifs is 1. The number of rotatable bonds is 5. The van der Waals surface area contributed by atoms with Crippen LogP contribution in [0.3, 0.4) is 0 Å². The number of aryl methyl sites for hydroxylation is 1. The second-order valence-electron chi connectivity index (χ2n) is 8.88. The molecule has 2 aromatic carbocycles. The van der Waals surface area contributed by atoms with Gasteiger partial charge in [-0.3, -0.25) is 14.0 Å². The van der Waals surface area contributed by atoms with Crippen LogP contribution in [0.15, 0.2) is 90.1 Å². The van der Waals surface area contributed by atoms with Crippen LogP contribution in [-0.2, 0) is 13.6 Å². The maximum atomic E-state index is 13.8. The predicted octanol–water partition coefficient (Wildman–Crippen LogP) is 4.03. The van der Waals surface area contributed by atoms with Crippen molar-refractivity contribution in [1.82, 2.24) is 28.6 Å². The highest BCUT2D eigenvalue weighted by Gasteiger charge is 2.29. The summed E-state index contributed by atoms with van der Waals surface area (Å²) in [6, 6.07) is 22.4. The first-order valence-corrected chi connectivity index (χ1v) is 11.6. The van der Waals surface area contributed by atoms with Crippen LogP contribution in [0.1, 0.15) is 18.3 Å². The van der Waals surface area contributed by atoms with E-state index in [2.05, 4.69) is 39.1 Å². The van der Waals surface area contributed by atoms with Gasteiger partial charge in [-0.1, -0.05) is 42.5 Å². The van der Waals surface area contributed by atoms with E-state index in [0.717, 1.165) is 59.9 Å². The second-order valence-corrected chi connectivity index (χ2v) is 8.88. The Hall–Kier alpha value is -3.97. The lowest BCUT2D eigenvalue weighted by Gasteiger charge is -2.16.